The molecule has 0 saturated heterocycles. The highest BCUT2D eigenvalue weighted by molar-refractivity contribution is 5.77. The van der Waals surface area contributed by atoms with Crippen LogP contribution in [0.3, 0.4) is 0 Å². The van der Waals surface area contributed by atoms with Crippen molar-refractivity contribution < 1.29 is 4.92 Å². The summed E-state index contributed by atoms with van der Waals surface area (Å²) < 4.78 is 1.40. The number of rotatable bonds is 7. The zero-order valence-corrected chi connectivity index (χ0v) is 15.9. The lowest BCUT2D eigenvalue weighted by molar-refractivity contribution is -0.384. The van der Waals surface area contributed by atoms with Crippen LogP contribution in [0, 0.1) is 22.0 Å². The highest BCUT2D eigenvalue weighted by Crippen LogP contribution is 2.32. The molecule has 9 heteroatoms. The Morgan fingerprint density at radius 3 is 2.41 bits per heavy atom. The number of hydrogen-bond donors (Lipinski definition) is 0. The summed E-state index contributed by atoms with van der Waals surface area (Å²) in [6.07, 6.45) is 1.35. The number of nitro groups is 1. The Morgan fingerprint density at radius 2 is 1.78 bits per heavy atom. The number of aromatic nitrogens is 5. The Morgan fingerprint density at radius 1 is 1.11 bits per heavy atom. The van der Waals surface area contributed by atoms with Crippen LogP contribution >= 0.6 is 0 Å². The van der Waals surface area contributed by atoms with Crippen LogP contribution in [-0.2, 0) is 0 Å². The van der Waals surface area contributed by atoms with Crippen LogP contribution in [0.1, 0.15) is 27.7 Å². The Bertz CT molecular complexity index is 942. The van der Waals surface area contributed by atoms with Crippen molar-refractivity contribution in [2.24, 2.45) is 11.8 Å². The van der Waals surface area contributed by atoms with Gasteiger partial charge in [0.2, 0.25) is 11.6 Å². The van der Waals surface area contributed by atoms with Gasteiger partial charge in [-0.25, -0.2) is 9.97 Å². The lowest BCUT2D eigenvalue weighted by Crippen LogP contribution is -2.33. The molecule has 0 bridgehead atoms. The summed E-state index contributed by atoms with van der Waals surface area (Å²) in [7, 11) is 0. The molecule has 27 heavy (non-hydrogen) atoms. The third-order valence-electron chi connectivity index (χ3n) is 3.99. The van der Waals surface area contributed by atoms with Gasteiger partial charge in [-0.15, -0.1) is 5.10 Å². The molecule has 9 nitrogen and oxygen atoms in total. The number of fused-ring (bicyclic) bond motifs is 1. The summed E-state index contributed by atoms with van der Waals surface area (Å²) in [6, 6.07) is 7.28. The molecule has 1 aromatic carbocycles. The molecule has 2 heterocycles. The van der Waals surface area contributed by atoms with Gasteiger partial charge in [0.15, 0.2) is 0 Å². The summed E-state index contributed by atoms with van der Waals surface area (Å²) in [5.74, 6) is 1.09. The van der Waals surface area contributed by atoms with Crippen molar-refractivity contribution in [2.75, 3.05) is 18.0 Å². The summed E-state index contributed by atoms with van der Waals surface area (Å²) in [5, 5.41) is 20.2. The molecule has 0 fully saturated rings. The number of anilines is 1. The van der Waals surface area contributed by atoms with E-state index in [9.17, 15) is 10.1 Å². The van der Waals surface area contributed by atoms with Gasteiger partial charge in [0.05, 0.1) is 10.4 Å². The van der Waals surface area contributed by atoms with E-state index >= 15 is 0 Å². The maximum absolute atomic E-state index is 12.0. The molecule has 0 N–H and O–H groups in total. The quantitative estimate of drug-likeness (QED) is 0.465. The minimum Gasteiger partial charge on any atom is -0.350 e. The number of para-hydroxylation sites is 1. The van der Waals surface area contributed by atoms with Crippen LogP contribution in [0.15, 0.2) is 30.6 Å². The predicted octanol–water partition coefficient (Wildman–Crippen LogP) is 3.24. The summed E-state index contributed by atoms with van der Waals surface area (Å²) in [4.78, 5) is 22.0. The van der Waals surface area contributed by atoms with Crippen molar-refractivity contribution in [3.8, 4) is 5.82 Å². The Labute approximate surface area is 157 Å². The fourth-order valence-electron chi connectivity index (χ4n) is 3.06. The average molecular weight is 369 g/mol. The van der Waals surface area contributed by atoms with Crippen molar-refractivity contribution in [1.82, 2.24) is 25.0 Å². The van der Waals surface area contributed by atoms with Gasteiger partial charge in [0.1, 0.15) is 11.8 Å². The van der Waals surface area contributed by atoms with E-state index in [0.717, 1.165) is 0 Å². The van der Waals surface area contributed by atoms with E-state index in [2.05, 4.69) is 48.0 Å². The van der Waals surface area contributed by atoms with Gasteiger partial charge in [-0.2, -0.15) is 4.68 Å². The fraction of sp³-hybridized carbons (Fsp3) is 0.444. The first-order valence-corrected chi connectivity index (χ1v) is 8.93. The minimum absolute atomic E-state index is 0.121. The molecule has 0 amide bonds. The predicted molar refractivity (Wildman–Crippen MR) is 103 cm³/mol. The smallest absolute Gasteiger partial charge is 0.350 e. The first kappa shape index (κ1) is 18.7. The molecule has 3 rings (SSSR count). The van der Waals surface area contributed by atoms with Crippen LogP contribution < -0.4 is 4.90 Å². The largest absolute Gasteiger partial charge is 0.355 e. The zero-order chi connectivity index (χ0) is 19.6. The molecule has 0 radical (unpaired) electrons. The third kappa shape index (κ3) is 3.86. The van der Waals surface area contributed by atoms with E-state index in [1.807, 2.05) is 17.0 Å². The first-order valence-electron chi connectivity index (χ1n) is 8.93. The third-order valence-corrected chi connectivity index (χ3v) is 3.99. The van der Waals surface area contributed by atoms with Crippen LogP contribution in [-0.4, -0.2) is 43.0 Å². The Hall–Kier alpha value is -3.10. The van der Waals surface area contributed by atoms with Crippen molar-refractivity contribution in [3.63, 3.8) is 0 Å². The highest BCUT2D eigenvalue weighted by Gasteiger charge is 2.30. The second kappa shape index (κ2) is 7.65. The van der Waals surface area contributed by atoms with Crippen LogP contribution in [0.2, 0.25) is 0 Å². The summed E-state index contributed by atoms with van der Waals surface area (Å²) in [5.41, 5.74) is 1.15. The summed E-state index contributed by atoms with van der Waals surface area (Å²) in [6.45, 7) is 9.62. The van der Waals surface area contributed by atoms with Crippen molar-refractivity contribution >= 4 is 22.5 Å². The molecule has 0 atom stereocenters. The maximum Gasteiger partial charge on any atom is 0.355 e. The van der Waals surface area contributed by atoms with E-state index in [0.29, 0.717) is 41.8 Å². The highest BCUT2D eigenvalue weighted by atomic mass is 16.6. The van der Waals surface area contributed by atoms with Gasteiger partial charge in [0, 0.05) is 13.1 Å². The van der Waals surface area contributed by atoms with Gasteiger partial charge in [-0.05, 0) is 24.0 Å². The molecule has 2 aromatic heterocycles. The Kier molecular flexibility index (Phi) is 5.29. The normalized spacial score (nSPS) is 11.5. The first-order chi connectivity index (χ1) is 12.9. The van der Waals surface area contributed by atoms with E-state index in [4.69, 9.17) is 0 Å². The van der Waals surface area contributed by atoms with E-state index < -0.39 is 4.92 Å². The zero-order valence-electron chi connectivity index (χ0n) is 15.9. The molecule has 142 valence electrons. The molecule has 3 aromatic rings. The van der Waals surface area contributed by atoms with Gasteiger partial charge in [-0.1, -0.05) is 45.0 Å². The monoisotopic (exact) mass is 369 g/mol. The van der Waals surface area contributed by atoms with Gasteiger partial charge >= 0.3 is 5.69 Å². The SMILES string of the molecule is CC(C)CN(CC(C)C)c1ncnc(-n2nnc3ccccc32)c1[N+](=O)[O-]. The van der Waals surface area contributed by atoms with Crippen molar-refractivity contribution in [2.45, 2.75) is 27.7 Å². The summed E-state index contributed by atoms with van der Waals surface area (Å²) >= 11 is 0. The molecular formula is C18H23N7O2. The van der Waals surface area contributed by atoms with Crippen LogP contribution in [0.5, 0.6) is 0 Å². The van der Waals surface area contributed by atoms with Crippen LogP contribution in [0.25, 0.3) is 16.9 Å². The van der Waals surface area contributed by atoms with Gasteiger partial charge in [-0.3, -0.25) is 10.1 Å². The topological polar surface area (TPSA) is 103 Å². The molecule has 0 aliphatic heterocycles. The van der Waals surface area contributed by atoms with Gasteiger partial charge < -0.3 is 4.90 Å². The van der Waals surface area contributed by atoms with E-state index in [1.54, 1.807) is 12.1 Å². The lowest BCUT2D eigenvalue weighted by atomic mass is 10.1. The maximum atomic E-state index is 12.0. The standard InChI is InChI=1S/C18H23N7O2/c1-12(2)9-23(10-13(3)4)17-16(25(26)27)18(20-11-19-17)24-15-8-6-5-7-14(15)21-22-24/h5-8,11-13H,9-10H2,1-4H3. The van der Waals surface area contributed by atoms with E-state index in [-0.39, 0.29) is 11.5 Å². The van der Waals surface area contributed by atoms with Crippen molar-refractivity contribution in [3.05, 3.63) is 40.7 Å². The molecule has 0 unspecified atom stereocenters. The number of hydrogen-bond acceptors (Lipinski definition) is 7. The fourth-order valence-corrected chi connectivity index (χ4v) is 3.06. The molecule has 0 aliphatic carbocycles. The number of benzene rings is 1. The molecule has 0 saturated carbocycles. The second-order valence-electron chi connectivity index (χ2n) is 7.31. The Balaban J connectivity index is 2.19. The second-order valence-corrected chi connectivity index (χ2v) is 7.31. The molecular weight excluding hydrogens is 346 g/mol. The molecule has 0 spiro atoms. The van der Waals surface area contributed by atoms with E-state index in [1.165, 1.54) is 11.0 Å². The van der Waals surface area contributed by atoms with Gasteiger partial charge in [0.25, 0.3) is 0 Å². The molecule has 0 aliphatic rings. The minimum atomic E-state index is -0.436. The van der Waals surface area contributed by atoms with Crippen molar-refractivity contribution in [1.29, 1.82) is 0 Å². The average Bonchev–Trinajstić information content (AvgIpc) is 3.03. The lowest BCUT2D eigenvalue weighted by Gasteiger charge is -2.27. The van der Waals surface area contributed by atoms with Crippen LogP contribution in [0.4, 0.5) is 11.5 Å². The number of nitrogens with zero attached hydrogens (tertiary/aromatic N) is 7.